The highest BCUT2D eigenvalue weighted by atomic mass is 16.2. The second kappa shape index (κ2) is 5.17. The van der Waals surface area contributed by atoms with Crippen LogP contribution in [0.2, 0.25) is 0 Å². The lowest BCUT2D eigenvalue weighted by atomic mass is 9.97. The van der Waals surface area contributed by atoms with Crippen LogP contribution in [0.3, 0.4) is 0 Å². The normalized spacial score (nSPS) is 35.4. The van der Waals surface area contributed by atoms with Crippen molar-refractivity contribution in [2.45, 2.75) is 58.0 Å². The summed E-state index contributed by atoms with van der Waals surface area (Å²) in [7, 11) is 0. The van der Waals surface area contributed by atoms with Crippen molar-refractivity contribution >= 4 is 5.91 Å². The van der Waals surface area contributed by atoms with E-state index in [9.17, 15) is 4.79 Å². The molecule has 3 heteroatoms. The van der Waals surface area contributed by atoms with Gasteiger partial charge in [-0.15, -0.1) is 0 Å². The van der Waals surface area contributed by atoms with E-state index in [0.29, 0.717) is 18.0 Å². The van der Waals surface area contributed by atoms with Gasteiger partial charge >= 0.3 is 0 Å². The van der Waals surface area contributed by atoms with Gasteiger partial charge in [0.05, 0.1) is 5.92 Å². The van der Waals surface area contributed by atoms with Crippen LogP contribution in [0, 0.1) is 5.92 Å². The molecule has 3 nitrogen and oxygen atoms in total. The maximum atomic E-state index is 12.5. The minimum atomic E-state index is 0.239. The predicted molar refractivity (Wildman–Crippen MR) is 65.2 cm³/mol. The highest BCUT2D eigenvalue weighted by molar-refractivity contribution is 5.80. The van der Waals surface area contributed by atoms with Gasteiger partial charge in [-0.25, -0.2) is 0 Å². The van der Waals surface area contributed by atoms with Crippen molar-refractivity contribution in [3.8, 4) is 0 Å². The van der Waals surface area contributed by atoms with E-state index in [1.807, 2.05) is 0 Å². The average molecular weight is 224 g/mol. The van der Waals surface area contributed by atoms with Gasteiger partial charge in [0.2, 0.25) is 5.91 Å². The van der Waals surface area contributed by atoms with E-state index in [1.54, 1.807) is 0 Å². The smallest absolute Gasteiger partial charge is 0.227 e. The molecule has 0 radical (unpaired) electrons. The monoisotopic (exact) mass is 224 g/mol. The summed E-state index contributed by atoms with van der Waals surface area (Å²) in [6.07, 6.45) is 5.71. The molecular weight excluding hydrogens is 200 g/mol. The van der Waals surface area contributed by atoms with Gasteiger partial charge in [0.15, 0.2) is 0 Å². The van der Waals surface area contributed by atoms with Gasteiger partial charge in [0.1, 0.15) is 0 Å². The maximum absolute atomic E-state index is 12.5. The third kappa shape index (κ3) is 2.24. The van der Waals surface area contributed by atoms with Gasteiger partial charge in [-0.1, -0.05) is 6.92 Å². The molecule has 0 aliphatic carbocycles. The van der Waals surface area contributed by atoms with Crippen LogP contribution in [0.15, 0.2) is 0 Å². The summed E-state index contributed by atoms with van der Waals surface area (Å²) in [5, 5.41) is 3.34. The van der Waals surface area contributed by atoms with Crippen LogP contribution in [-0.4, -0.2) is 36.0 Å². The number of nitrogens with zero attached hydrogens (tertiary/aromatic N) is 1. The Morgan fingerprint density at radius 3 is 2.81 bits per heavy atom. The van der Waals surface area contributed by atoms with E-state index in [4.69, 9.17) is 0 Å². The molecule has 0 aromatic heterocycles. The molecule has 1 amide bonds. The number of hydrogen-bond donors (Lipinski definition) is 1. The fourth-order valence-electron chi connectivity index (χ4n) is 3.14. The number of hydrogen-bond acceptors (Lipinski definition) is 2. The standard InChI is InChI=1S/C13H24N2O/c1-3-12-7-6-10(2)15(12)13(16)11-5-4-8-14-9-11/h10-12,14H,3-9H2,1-2H3/t10?,11-,12?/m0/s1. The first-order valence-electron chi connectivity index (χ1n) is 6.77. The zero-order valence-corrected chi connectivity index (χ0v) is 10.5. The fraction of sp³-hybridized carbons (Fsp3) is 0.923. The molecule has 92 valence electrons. The molecule has 2 heterocycles. The summed E-state index contributed by atoms with van der Waals surface area (Å²) in [5.41, 5.74) is 0. The third-order valence-corrected chi connectivity index (χ3v) is 4.16. The van der Waals surface area contributed by atoms with Crippen molar-refractivity contribution in [2.75, 3.05) is 13.1 Å². The van der Waals surface area contributed by atoms with Crippen molar-refractivity contribution in [3.05, 3.63) is 0 Å². The molecule has 1 N–H and O–H groups in total. The Morgan fingerprint density at radius 2 is 2.19 bits per heavy atom. The van der Waals surface area contributed by atoms with Crippen LogP contribution in [0.25, 0.3) is 0 Å². The van der Waals surface area contributed by atoms with Gasteiger partial charge in [-0.05, 0) is 45.6 Å². The lowest BCUT2D eigenvalue weighted by Gasteiger charge is -2.33. The maximum Gasteiger partial charge on any atom is 0.227 e. The summed E-state index contributed by atoms with van der Waals surface area (Å²) in [6, 6.07) is 0.962. The molecule has 0 saturated carbocycles. The Hall–Kier alpha value is -0.570. The molecule has 0 aromatic rings. The van der Waals surface area contributed by atoms with Crippen molar-refractivity contribution in [2.24, 2.45) is 5.92 Å². The highest BCUT2D eigenvalue weighted by Crippen LogP contribution is 2.28. The minimum absolute atomic E-state index is 0.239. The summed E-state index contributed by atoms with van der Waals surface area (Å²) >= 11 is 0. The van der Waals surface area contributed by atoms with E-state index in [2.05, 4.69) is 24.1 Å². The number of amides is 1. The molecule has 2 unspecified atom stereocenters. The molecule has 0 spiro atoms. The number of rotatable bonds is 2. The number of likely N-dealkylation sites (tertiary alicyclic amines) is 1. The Morgan fingerprint density at radius 1 is 1.38 bits per heavy atom. The second-order valence-electron chi connectivity index (χ2n) is 5.28. The second-order valence-corrected chi connectivity index (χ2v) is 5.28. The van der Waals surface area contributed by atoms with Gasteiger partial charge in [0, 0.05) is 18.6 Å². The van der Waals surface area contributed by atoms with Crippen LogP contribution in [0.4, 0.5) is 0 Å². The average Bonchev–Trinajstić information content (AvgIpc) is 2.70. The van der Waals surface area contributed by atoms with Crippen LogP contribution in [0.1, 0.15) is 46.0 Å². The molecule has 16 heavy (non-hydrogen) atoms. The van der Waals surface area contributed by atoms with Crippen LogP contribution < -0.4 is 5.32 Å². The summed E-state index contributed by atoms with van der Waals surface area (Å²) in [5.74, 6) is 0.646. The lowest BCUT2D eigenvalue weighted by molar-refractivity contribution is -0.138. The molecule has 2 aliphatic rings. The first-order chi connectivity index (χ1) is 7.74. The van der Waals surface area contributed by atoms with Crippen LogP contribution in [0.5, 0.6) is 0 Å². The zero-order chi connectivity index (χ0) is 11.5. The van der Waals surface area contributed by atoms with E-state index in [1.165, 1.54) is 12.8 Å². The number of nitrogens with one attached hydrogen (secondary N) is 1. The summed E-state index contributed by atoms with van der Waals surface area (Å²) in [4.78, 5) is 14.6. The van der Waals surface area contributed by atoms with Crippen molar-refractivity contribution < 1.29 is 4.79 Å². The molecule has 2 fully saturated rings. The van der Waals surface area contributed by atoms with Crippen molar-refractivity contribution in [1.29, 1.82) is 0 Å². The van der Waals surface area contributed by atoms with Gasteiger partial charge in [0.25, 0.3) is 0 Å². The fourth-order valence-corrected chi connectivity index (χ4v) is 3.14. The van der Waals surface area contributed by atoms with Crippen molar-refractivity contribution in [3.63, 3.8) is 0 Å². The van der Waals surface area contributed by atoms with Gasteiger partial charge < -0.3 is 10.2 Å². The molecule has 0 bridgehead atoms. The molecule has 2 saturated heterocycles. The highest BCUT2D eigenvalue weighted by Gasteiger charge is 2.36. The molecule has 2 aliphatic heterocycles. The van der Waals surface area contributed by atoms with E-state index >= 15 is 0 Å². The Kier molecular flexibility index (Phi) is 3.85. The Labute approximate surface area is 98.6 Å². The van der Waals surface area contributed by atoms with Crippen LogP contribution in [-0.2, 0) is 4.79 Å². The molecule has 3 atom stereocenters. The van der Waals surface area contributed by atoms with Crippen LogP contribution >= 0.6 is 0 Å². The van der Waals surface area contributed by atoms with E-state index in [-0.39, 0.29) is 5.92 Å². The molecule has 0 aromatic carbocycles. The summed E-state index contributed by atoms with van der Waals surface area (Å²) < 4.78 is 0. The SMILES string of the molecule is CCC1CCC(C)N1C(=O)[C@H]1CCCNC1. The van der Waals surface area contributed by atoms with Crippen molar-refractivity contribution in [1.82, 2.24) is 10.2 Å². The number of piperidine rings is 1. The zero-order valence-electron chi connectivity index (χ0n) is 10.5. The Bertz CT molecular complexity index is 248. The largest absolute Gasteiger partial charge is 0.337 e. The summed E-state index contributed by atoms with van der Waals surface area (Å²) in [6.45, 7) is 6.36. The lowest BCUT2D eigenvalue weighted by Crippen LogP contribution is -2.47. The number of carbonyl (C=O) groups is 1. The molecular formula is C13H24N2O. The minimum Gasteiger partial charge on any atom is -0.337 e. The van der Waals surface area contributed by atoms with E-state index < -0.39 is 0 Å². The first-order valence-corrected chi connectivity index (χ1v) is 6.77. The van der Waals surface area contributed by atoms with Gasteiger partial charge in [-0.2, -0.15) is 0 Å². The predicted octanol–water partition coefficient (Wildman–Crippen LogP) is 1.78. The van der Waals surface area contributed by atoms with E-state index in [0.717, 1.165) is 32.4 Å². The van der Waals surface area contributed by atoms with Gasteiger partial charge in [-0.3, -0.25) is 4.79 Å². The first kappa shape index (κ1) is 11.9. The quantitative estimate of drug-likeness (QED) is 0.775. The topological polar surface area (TPSA) is 32.3 Å². The number of carbonyl (C=O) groups excluding carboxylic acids is 1. The third-order valence-electron chi connectivity index (χ3n) is 4.16. The Balaban J connectivity index is 2.01. The molecule has 2 rings (SSSR count).